The molecule has 0 spiro atoms. The molecular weight excluding hydrogens is 340 g/mol. The molecule has 0 bridgehead atoms. The standard InChI is InChI=1S/C13H15ClN6O2S/c1-7(2)10(11(21)16-12(15)22)23-13-17-18-19-20(13)9-5-3-8(14)4-6-9/h3-7,10H,1-2H3,(H3,15,16,21,22)/t10-/m1/s1. The van der Waals surface area contributed by atoms with Crippen molar-refractivity contribution in [2.75, 3.05) is 0 Å². The normalized spacial score (nSPS) is 12.2. The number of halogens is 1. The topological polar surface area (TPSA) is 116 Å². The number of tetrazole rings is 1. The van der Waals surface area contributed by atoms with E-state index in [0.29, 0.717) is 15.9 Å². The molecule has 23 heavy (non-hydrogen) atoms. The van der Waals surface area contributed by atoms with Crippen LogP contribution < -0.4 is 11.1 Å². The first-order valence-corrected chi connectivity index (χ1v) is 7.95. The van der Waals surface area contributed by atoms with Gasteiger partial charge in [0, 0.05) is 5.02 Å². The number of urea groups is 1. The summed E-state index contributed by atoms with van der Waals surface area (Å²) in [7, 11) is 0. The molecule has 0 aliphatic heterocycles. The Bertz CT molecular complexity index is 703. The van der Waals surface area contributed by atoms with Gasteiger partial charge in [-0.3, -0.25) is 10.1 Å². The first kappa shape index (κ1) is 17.2. The number of hydrogen-bond acceptors (Lipinski definition) is 6. The number of hydrogen-bond donors (Lipinski definition) is 2. The summed E-state index contributed by atoms with van der Waals surface area (Å²) in [6, 6.07) is 6.06. The lowest BCUT2D eigenvalue weighted by Gasteiger charge is -2.18. The van der Waals surface area contributed by atoms with Gasteiger partial charge in [0.05, 0.1) is 10.9 Å². The first-order chi connectivity index (χ1) is 10.9. The van der Waals surface area contributed by atoms with Gasteiger partial charge in [0.1, 0.15) is 0 Å². The van der Waals surface area contributed by atoms with E-state index in [1.165, 1.54) is 4.68 Å². The van der Waals surface area contributed by atoms with Crippen molar-refractivity contribution in [3.8, 4) is 5.69 Å². The third-order valence-corrected chi connectivity index (χ3v) is 4.58. The van der Waals surface area contributed by atoms with Crippen LogP contribution in [0.4, 0.5) is 4.79 Å². The van der Waals surface area contributed by atoms with E-state index in [-0.39, 0.29) is 5.92 Å². The minimum Gasteiger partial charge on any atom is -0.351 e. The summed E-state index contributed by atoms with van der Waals surface area (Å²) in [5.74, 6) is -0.544. The number of aromatic nitrogens is 4. The van der Waals surface area contributed by atoms with Crippen LogP contribution in [0, 0.1) is 5.92 Å². The van der Waals surface area contributed by atoms with E-state index in [2.05, 4.69) is 20.8 Å². The van der Waals surface area contributed by atoms with Gasteiger partial charge in [-0.05, 0) is 40.6 Å². The number of carbonyl (C=O) groups excluding carboxylic acids is 2. The molecule has 10 heteroatoms. The van der Waals surface area contributed by atoms with Crippen LogP contribution in [0.25, 0.3) is 5.69 Å². The van der Waals surface area contributed by atoms with Crippen molar-refractivity contribution in [3.63, 3.8) is 0 Å². The van der Waals surface area contributed by atoms with E-state index in [1.807, 2.05) is 13.8 Å². The van der Waals surface area contributed by atoms with Crippen molar-refractivity contribution in [2.24, 2.45) is 11.7 Å². The molecule has 1 heterocycles. The number of thioether (sulfide) groups is 1. The number of imide groups is 1. The van der Waals surface area contributed by atoms with E-state index in [4.69, 9.17) is 17.3 Å². The van der Waals surface area contributed by atoms with Crippen LogP contribution in [0.3, 0.4) is 0 Å². The Morgan fingerprint density at radius 3 is 2.52 bits per heavy atom. The average molecular weight is 355 g/mol. The molecule has 3 N–H and O–H groups in total. The molecule has 1 aromatic carbocycles. The lowest BCUT2D eigenvalue weighted by atomic mass is 10.1. The Kier molecular flexibility index (Phi) is 5.56. The smallest absolute Gasteiger partial charge is 0.318 e. The zero-order chi connectivity index (χ0) is 17.0. The number of nitrogens with one attached hydrogen (secondary N) is 1. The van der Waals surface area contributed by atoms with E-state index >= 15 is 0 Å². The third kappa shape index (κ3) is 4.42. The summed E-state index contributed by atoms with van der Waals surface area (Å²) >= 11 is 7.02. The van der Waals surface area contributed by atoms with Gasteiger partial charge < -0.3 is 5.73 Å². The molecule has 0 aliphatic rings. The quantitative estimate of drug-likeness (QED) is 0.788. The van der Waals surface area contributed by atoms with Crippen LogP contribution >= 0.6 is 23.4 Å². The van der Waals surface area contributed by atoms with E-state index < -0.39 is 17.2 Å². The highest BCUT2D eigenvalue weighted by Gasteiger charge is 2.27. The second-order valence-corrected chi connectivity index (χ2v) is 6.53. The Morgan fingerprint density at radius 1 is 1.30 bits per heavy atom. The molecule has 3 amide bonds. The largest absolute Gasteiger partial charge is 0.351 e. The zero-order valence-electron chi connectivity index (χ0n) is 12.4. The van der Waals surface area contributed by atoms with Gasteiger partial charge >= 0.3 is 6.03 Å². The second-order valence-electron chi connectivity index (χ2n) is 4.99. The van der Waals surface area contributed by atoms with Crippen LogP contribution in [0.15, 0.2) is 29.4 Å². The Balaban J connectivity index is 2.25. The lowest BCUT2D eigenvalue weighted by molar-refractivity contribution is -0.120. The van der Waals surface area contributed by atoms with Crippen molar-refractivity contribution in [1.29, 1.82) is 0 Å². The summed E-state index contributed by atoms with van der Waals surface area (Å²) in [5, 5.41) is 14.0. The van der Waals surface area contributed by atoms with Gasteiger partial charge in [-0.25, -0.2) is 4.79 Å². The van der Waals surface area contributed by atoms with Crippen molar-refractivity contribution < 1.29 is 9.59 Å². The van der Waals surface area contributed by atoms with Gasteiger partial charge in [-0.2, -0.15) is 4.68 Å². The fourth-order valence-electron chi connectivity index (χ4n) is 1.80. The monoisotopic (exact) mass is 354 g/mol. The molecule has 2 aromatic rings. The van der Waals surface area contributed by atoms with Crippen LogP contribution in [0.1, 0.15) is 13.8 Å². The fraction of sp³-hybridized carbons (Fsp3) is 0.308. The molecule has 0 saturated heterocycles. The van der Waals surface area contributed by atoms with Gasteiger partial charge in [-0.1, -0.05) is 37.2 Å². The highest BCUT2D eigenvalue weighted by Crippen LogP contribution is 2.28. The van der Waals surface area contributed by atoms with E-state index in [9.17, 15) is 9.59 Å². The molecular formula is C13H15ClN6O2S. The summed E-state index contributed by atoms with van der Waals surface area (Å²) in [6.45, 7) is 3.71. The number of rotatable bonds is 5. The fourth-order valence-corrected chi connectivity index (χ4v) is 2.91. The third-order valence-electron chi connectivity index (χ3n) is 2.85. The highest BCUT2D eigenvalue weighted by atomic mass is 35.5. The van der Waals surface area contributed by atoms with Crippen molar-refractivity contribution in [3.05, 3.63) is 29.3 Å². The average Bonchev–Trinajstić information content (AvgIpc) is 2.92. The molecule has 122 valence electrons. The maximum absolute atomic E-state index is 12.1. The van der Waals surface area contributed by atoms with Crippen molar-refractivity contribution in [2.45, 2.75) is 24.3 Å². The van der Waals surface area contributed by atoms with Gasteiger partial charge in [0.15, 0.2) is 0 Å². The summed E-state index contributed by atoms with van der Waals surface area (Å²) < 4.78 is 1.49. The molecule has 8 nitrogen and oxygen atoms in total. The predicted molar refractivity (Wildman–Crippen MR) is 86.4 cm³/mol. The number of carbonyl (C=O) groups is 2. The molecule has 1 atom stereocenters. The van der Waals surface area contributed by atoms with E-state index in [1.54, 1.807) is 24.3 Å². The number of benzene rings is 1. The SMILES string of the molecule is CC(C)[C@@H](Sc1nnnn1-c1ccc(Cl)cc1)C(=O)NC(N)=O. The summed E-state index contributed by atoms with van der Waals surface area (Å²) in [6.07, 6.45) is 0. The minimum atomic E-state index is -0.890. The van der Waals surface area contributed by atoms with Crippen LogP contribution in [-0.2, 0) is 4.79 Å². The highest BCUT2D eigenvalue weighted by molar-refractivity contribution is 8.00. The van der Waals surface area contributed by atoms with Crippen LogP contribution in [-0.4, -0.2) is 37.4 Å². The Labute approximate surface area is 141 Å². The van der Waals surface area contributed by atoms with Crippen molar-refractivity contribution >= 4 is 35.3 Å². The minimum absolute atomic E-state index is 0.0604. The lowest BCUT2D eigenvalue weighted by Crippen LogP contribution is -2.42. The van der Waals surface area contributed by atoms with Crippen LogP contribution in [0.5, 0.6) is 0 Å². The van der Waals surface area contributed by atoms with Crippen molar-refractivity contribution in [1.82, 2.24) is 25.5 Å². The Morgan fingerprint density at radius 2 is 1.96 bits per heavy atom. The number of nitrogens with zero attached hydrogens (tertiary/aromatic N) is 4. The molecule has 0 unspecified atom stereocenters. The number of amides is 3. The maximum atomic E-state index is 12.1. The van der Waals surface area contributed by atoms with Gasteiger partial charge in [-0.15, -0.1) is 5.10 Å². The first-order valence-electron chi connectivity index (χ1n) is 6.69. The molecule has 0 fully saturated rings. The molecule has 1 aromatic heterocycles. The number of primary amides is 1. The maximum Gasteiger partial charge on any atom is 0.318 e. The Hall–Kier alpha value is -2.13. The molecule has 0 radical (unpaired) electrons. The molecule has 0 aliphatic carbocycles. The van der Waals surface area contributed by atoms with Gasteiger partial charge in [0.25, 0.3) is 0 Å². The zero-order valence-corrected chi connectivity index (χ0v) is 14.0. The second kappa shape index (κ2) is 7.42. The predicted octanol–water partition coefficient (Wildman–Crippen LogP) is 1.63. The summed E-state index contributed by atoms with van der Waals surface area (Å²) in [5.41, 5.74) is 5.71. The van der Waals surface area contributed by atoms with Crippen LogP contribution in [0.2, 0.25) is 5.02 Å². The van der Waals surface area contributed by atoms with Gasteiger partial charge in [0.2, 0.25) is 11.1 Å². The van der Waals surface area contributed by atoms with E-state index in [0.717, 1.165) is 11.8 Å². The summed E-state index contributed by atoms with van der Waals surface area (Å²) in [4.78, 5) is 23.0. The molecule has 2 rings (SSSR count). The number of nitrogens with two attached hydrogens (primary N) is 1. The molecule has 0 saturated carbocycles.